The maximum Gasteiger partial charge on any atom is 0.409 e. The van der Waals surface area contributed by atoms with E-state index in [0.29, 0.717) is 0 Å². The van der Waals surface area contributed by atoms with Crippen molar-refractivity contribution in [2.24, 2.45) is 5.92 Å². The molecule has 13 heteroatoms. The third-order valence-electron chi connectivity index (χ3n) is 5.17. The molecule has 9 nitrogen and oxygen atoms in total. The molecule has 3 N–H and O–H groups in total. The molecule has 3 atom stereocenters. The molecule has 0 bridgehead atoms. The van der Waals surface area contributed by atoms with Crippen LogP contribution in [0.15, 0.2) is 41.3 Å². The van der Waals surface area contributed by atoms with Crippen molar-refractivity contribution in [2.45, 2.75) is 23.6 Å². The second-order valence-electron chi connectivity index (χ2n) is 7.57. The lowest BCUT2D eigenvalue weighted by atomic mass is 10.2. The number of benzene rings is 2. The maximum atomic E-state index is 13.6. The fraction of sp³-hybridized carbons (Fsp3) is 0.300. The molecule has 176 valence electrons. The van der Waals surface area contributed by atoms with Gasteiger partial charge in [0.2, 0.25) is 5.91 Å². The molecule has 2 aliphatic rings. The molecule has 1 saturated carbocycles. The van der Waals surface area contributed by atoms with E-state index in [9.17, 15) is 26.8 Å². The maximum absolute atomic E-state index is 13.6. The number of nitrogens with zero attached hydrogens (tertiary/aromatic N) is 1. The Hall–Kier alpha value is -3.12. The van der Waals surface area contributed by atoms with Gasteiger partial charge in [0.15, 0.2) is 0 Å². The summed E-state index contributed by atoms with van der Waals surface area (Å²) in [4.78, 5) is 22.7. The largest absolute Gasteiger partial charge is 0.484 e. The number of fused-ring (bicyclic) bond motifs is 1. The average Bonchev–Trinajstić information content (AvgIpc) is 3.49. The highest BCUT2D eigenvalue weighted by Crippen LogP contribution is 2.39. The van der Waals surface area contributed by atoms with E-state index in [-0.39, 0.29) is 46.6 Å². The van der Waals surface area contributed by atoms with Crippen molar-refractivity contribution in [1.82, 2.24) is 5.32 Å². The van der Waals surface area contributed by atoms with Gasteiger partial charge in [-0.1, -0.05) is 11.6 Å². The summed E-state index contributed by atoms with van der Waals surface area (Å²) >= 11 is 5.77. The number of ether oxygens (including phenoxy) is 1. The molecule has 1 aliphatic carbocycles. The van der Waals surface area contributed by atoms with Gasteiger partial charge in [-0.3, -0.25) is 14.4 Å². The van der Waals surface area contributed by atoms with Crippen LogP contribution in [0.5, 0.6) is 5.75 Å². The van der Waals surface area contributed by atoms with Gasteiger partial charge in [-0.2, -0.15) is 0 Å². The number of alkyl halides is 1. The number of anilines is 2. The Bertz CT molecular complexity index is 1230. The summed E-state index contributed by atoms with van der Waals surface area (Å²) < 4.78 is 60.3. The number of sulfonamides is 1. The van der Waals surface area contributed by atoms with Gasteiger partial charge in [0, 0.05) is 5.69 Å². The minimum absolute atomic E-state index is 0.0373. The van der Waals surface area contributed by atoms with Crippen molar-refractivity contribution in [2.75, 3.05) is 22.7 Å². The first-order valence-corrected chi connectivity index (χ1v) is 11.6. The predicted octanol–water partition coefficient (Wildman–Crippen LogP) is 3.00. The number of carbonyl (C=O) groups is 2. The van der Waals surface area contributed by atoms with Crippen LogP contribution in [0.4, 0.5) is 25.0 Å². The Morgan fingerprint density at radius 1 is 1.24 bits per heavy atom. The van der Waals surface area contributed by atoms with E-state index in [1.165, 1.54) is 18.2 Å². The zero-order valence-electron chi connectivity index (χ0n) is 16.8. The predicted molar refractivity (Wildman–Crippen MR) is 114 cm³/mol. The molecule has 1 aliphatic heterocycles. The minimum atomic E-state index is -4.29. The number of hydrogen-bond acceptors (Lipinski definition) is 5. The Labute approximate surface area is 192 Å². The monoisotopic (exact) mass is 501 g/mol. The lowest BCUT2D eigenvalue weighted by Crippen LogP contribution is -2.48. The van der Waals surface area contributed by atoms with Gasteiger partial charge in [-0.05, 0) is 42.8 Å². The van der Waals surface area contributed by atoms with Gasteiger partial charge in [-0.15, -0.1) is 0 Å². The molecule has 1 fully saturated rings. The summed E-state index contributed by atoms with van der Waals surface area (Å²) in [7, 11) is -4.29. The highest BCUT2D eigenvalue weighted by Gasteiger charge is 2.44. The number of nitrogens with one attached hydrogen (secondary N) is 2. The van der Waals surface area contributed by atoms with E-state index >= 15 is 0 Å². The Morgan fingerprint density at radius 2 is 1.97 bits per heavy atom. The number of rotatable bonds is 6. The fourth-order valence-electron chi connectivity index (χ4n) is 3.39. The molecule has 0 spiro atoms. The molecule has 0 radical (unpaired) electrons. The van der Waals surface area contributed by atoms with E-state index in [1.807, 2.05) is 0 Å². The second-order valence-corrected chi connectivity index (χ2v) is 9.84. The van der Waals surface area contributed by atoms with Crippen molar-refractivity contribution >= 4 is 45.0 Å². The van der Waals surface area contributed by atoms with Crippen LogP contribution in [0.1, 0.15) is 6.42 Å². The second kappa shape index (κ2) is 8.67. The first kappa shape index (κ1) is 23.1. The summed E-state index contributed by atoms with van der Waals surface area (Å²) in [6.07, 6.45) is -3.22. The fourth-order valence-corrected chi connectivity index (χ4v) is 5.16. The standard InChI is InChI=1S/C20H18ClF2N3O6S/c21-14-6-12(2-3-15(14)22)33(30,31)26-9-11(8-24-19(27)13-7-16(13)23)32-18-4-1-10(5-17(18)26)25-20(28)29/h1-6,11,13,16,25H,7-9H2,(H,24,27)(H,28,29)/t11?,13-,16+/m1/s1. The lowest BCUT2D eigenvalue weighted by Gasteiger charge is -2.35. The molecule has 0 saturated heterocycles. The minimum Gasteiger partial charge on any atom is -0.484 e. The molecule has 33 heavy (non-hydrogen) atoms. The first-order valence-electron chi connectivity index (χ1n) is 9.76. The number of carboxylic acid groups (broad SMARTS) is 1. The summed E-state index contributed by atoms with van der Waals surface area (Å²) in [6, 6.07) is 6.97. The van der Waals surface area contributed by atoms with Crippen molar-refractivity contribution in [3.8, 4) is 5.75 Å². The Kier molecular flexibility index (Phi) is 6.06. The van der Waals surface area contributed by atoms with Gasteiger partial charge < -0.3 is 15.2 Å². The molecule has 1 heterocycles. The molecule has 2 aromatic rings. The third kappa shape index (κ3) is 4.81. The lowest BCUT2D eigenvalue weighted by molar-refractivity contribution is -0.123. The van der Waals surface area contributed by atoms with Crippen LogP contribution in [-0.4, -0.2) is 50.9 Å². The van der Waals surface area contributed by atoms with E-state index in [4.69, 9.17) is 21.4 Å². The van der Waals surface area contributed by atoms with Crippen molar-refractivity contribution in [3.05, 3.63) is 47.2 Å². The number of hydrogen-bond donors (Lipinski definition) is 3. The number of halogens is 3. The topological polar surface area (TPSA) is 125 Å². The van der Waals surface area contributed by atoms with Crippen LogP contribution >= 0.6 is 11.6 Å². The van der Waals surface area contributed by atoms with Gasteiger partial charge >= 0.3 is 6.09 Å². The van der Waals surface area contributed by atoms with Crippen LogP contribution in [0, 0.1) is 11.7 Å². The molecular weight excluding hydrogens is 484 g/mol. The van der Waals surface area contributed by atoms with Crippen molar-refractivity contribution in [1.29, 1.82) is 0 Å². The van der Waals surface area contributed by atoms with E-state index < -0.39 is 46.0 Å². The van der Waals surface area contributed by atoms with Crippen LogP contribution in [0.3, 0.4) is 0 Å². The van der Waals surface area contributed by atoms with Gasteiger partial charge in [0.25, 0.3) is 10.0 Å². The summed E-state index contributed by atoms with van der Waals surface area (Å²) in [6.45, 7) is -0.350. The molecule has 4 rings (SSSR count). The quantitative estimate of drug-likeness (QED) is 0.559. The molecule has 2 aromatic carbocycles. The average molecular weight is 502 g/mol. The highest BCUT2D eigenvalue weighted by atomic mass is 35.5. The van der Waals surface area contributed by atoms with E-state index in [1.54, 1.807) is 0 Å². The summed E-state index contributed by atoms with van der Waals surface area (Å²) in [5.41, 5.74) is 0.131. The van der Waals surface area contributed by atoms with Crippen LogP contribution in [0.25, 0.3) is 0 Å². The highest BCUT2D eigenvalue weighted by molar-refractivity contribution is 7.92. The Morgan fingerprint density at radius 3 is 2.61 bits per heavy atom. The van der Waals surface area contributed by atoms with Gasteiger partial charge in [-0.25, -0.2) is 22.0 Å². The molecular formula is C20H18ClF2N3O6S. The first-order chi connectivity index (χ1) is 15.6. The SMILES string of the molecule is O=C(O)Nc1ccc2c(c1)N(S(=O)(=O)c1ccc(F)c(Cl)c1)CC(CNC(=O)[C@@H]1C[C@@H]1F)O2. The van der Waals surface area contributed by atoms with Crippen LogP contribution in [-0.2, 0) is 14.8 Å². The summed E-state index contributed by atoms with van der Waals surface area (Å²) in [5.74, 6) is -1.88. The smallest absolute Gasteiger partial charge is 0.409 e. The van der Waals surface area contributed by atoms with E-state index in [2.05, 4.69) is 10.6 Å². The third-order valence-corrected chi connectivity index (χ3v) is 7.24. The van der Waals surface area contributed by atoms with Gasteiger partial charge in [0.1, 0.15) is 23.8 Å². The van der Waals surface area contributed by atoms with E-state index in [0.717, 1.165) is 22.5 Å². The Balaban J connectivity index is 1.66. The van der Waals surface area contributed by atoms with Crippen molar-refractivity contribution < 1.29 is 36.6 Å². The molecule has 0 aromatic heterocycles. The van der Waals surface area contributed by atoms with Gasteiger partial charge in [0.05, 0.1) is 34.6 Å². The molecule has 1 unspecified atom stereocenters. The van der Waals surface area contributed by atoms with Crippen molar-refractivity contribution in [3.63, 3.8) is 0 Å². The van der Waals surface area contributed by atoms with Crippen LogP contribution in [0.2, 0.25) is 5.02 Å². The zero-order valence-corrected chi connectivity index (χ0v) is 18.4. The normalized spacial score (nSPS) is 21.5. The zero-order chi connectivity index (χ0) is 23.9. The number of carbonyl (C=O) groups excluding carboxylic acids is 1. The number of amides is 2. The molecule has 2 amide bonds. The van der Waals surface area contributed by atoms with Crippen LogP contribution < -0.4 is 19.7 Å². The summed E-state index contributed by atoms with van der Waals surface area (Å²) in [5, 5.41) is 13.3.